The molecule has 0 saturated carbocycles. The van der Waals surface area contributed by atoms with Crippen LogP contribution >= 0.6 is 0 Å². The van der Waals surface area contributed by atoms with Gasteiger partial charge in [-0.1, -0.05) is 0 Å². The highest BCUT2D eigenvalue weighted by atomic mass is 19.1. The number of nitrogens with one attached hydrogen (secondary N) is 2. The van der Waals surface area contributed by atoms with Crippen molar-refractivity contribution in [3.8, 4) is 0 Å². The van der Waals surface area contributed by atoms with Crippen molar-refractivity contribution in [3.05, 3.63) is 52.1 Å². The van der Waals surface area contributed by atoms with Crippen molar-refractivity contribution in [2.45, 2.75) is 39.7 Å². The Hall–Kier alpha value is -3.00. The minimum atomic E-state index is -0.811. The number of nitrogens with zero attached hydrogens (tertiary/aromatic N) is 1. The van der Waals surface area contributed by atoms with E-state index in [-0.39, 0.29) is 24.7 Å². The Morgan fingerprint density at radius 2 is 1.97 bits per heavy atom. The number of carbonyl (C=O) groups excluding carboxylic acids is 3. The van der Waals surface area contributed by atoms with Crippen LogP contribution in [0.15, 0.2) is 18.2 Å². The molecule has 2 aromatic rings. The summed E-state index contributed by atoms with van der Waals surface area (Å²) in [5.41, 5.74) is 2.62. The molecule has 0 aliphatic carbocycles. The number of ketones is 1. The van der Waals surface area contributed by atoms with E-state index in [1.165, 1.54) is 12.1 Å². The molecule has 8 heteroatoms. The predicted molar refractivity (Wildman–Crippen MR) is 106 cm³/mol. The van der Waals surface area contributed by atoms with Crippen LogP contribution < -0.4 is 10.6 Å². The van der Waals surface area contributed by atoms with Gasteiger partial charge >= 0.3 is 0 Å². The van der Waals surface area contributed by atoms with E-state index < -0.39 is 17.6 Å². The molecule has 1 aliphatic rings. The molecule has 0 unspecified atom stereocenters. The molecule has 3 N–H and O–H groups in total. The number of amides is 2. The summed E-state index contributed by atoms with van der Waals surface area (Å²) in [5.74, 6) is -2.29. The van der Waals surface area contributed by atoms with E-state index in [1.54, 1.807) is 24.5 Å². The summed E-state index contributed by atoms with van der Waals surface area (Å²) < 4.78 is 15.3. The van der Waals surface area contributed by atoms with Gasteiger partial charge in [-0.3, -0.25) is 14.4 Å². The van der Waals surface area contributed by atoms with Gasteiger partial charge in [0, 0.05) is 24.5 Å². The highest BCUT2D eigenvalue weighted by Gasteiger charge is 2.32. The van der Waals surface area contributed by atoms with Crippen LogP contribution in [-0.4, -0.2) is 40.4 Å². The maximum atomic E-state index is 13.5. The fourth-order valence-electron chi connectivity index (χ4n) is 3.74. The van der Waals surface area contributed by atoms with Crippen molar-refractivity contribution < 1.29 is 23.9 Å². The van der Waals surface area contributed by atoms with Gasteiger partial charge in [-0.2, -0.15) is 0 Å². The van der Waals surface area contributed by atoms with Crippen LogP contribution in [0.2, 0.25) is 0 Å². The number of rotatable bonds is 6. The molecular formula is C21H24FN3O4. The molecule has 7 nitrogen and oxygen atoms in total. The minimum absolute atomic E-state index is 0.0194. The lowest BCUT2D eigenvalue weighted by atomic mass is 10.0. The van der Waals surface area contributed by atoms with Crippen LogP contribution in [0.5, 0.6) is 0 Å². The van der Waals surface area contributed by atoms with Crippen LogP contribution in [0, 0.1) is 19.7 Å². The molecule has 2 heterocycles. The second-order valence-corrected chi connectivity index (χ2v) is 7.13. The van der Waals surface area contributed by atoms with Crippen LogP contribution in [0.4, 0.5) is 10.1 Å². The number of aliphatic hydroxyl groups is 1. The number of Topliss-reactive ketones (excluding diaryl/α,β-unsaturated/α-hetero) is 1. The molecule has 0 spiro atoms. The van der Waals surface area contributed by atoms with Crippen LogP contribution in [-0.2, 0) is 17.8 Å². The largest absolute Gasteiger partial charge is 0.395 e. The number of aromatic nitrogens is 1. The highest BCUT2D eigenvalue weighted by molar-refractivity contribution is 6.43. The fraction of sp³-hybridized carbons (Fsp3) is 0.381. The lowest BCUT2D eigenvalue weighted by Crippen LogP contribution is -2.34. The summed E-state index contributed by atoms with van der Waals surface area (Å²) in [6.45, 7) is 3.53. The Bertz CT molecular complexity index is 981. The number of aliphatic hydroxyl groups excluding tert-OH is 1. The Morgan fingerprint density at radius 3 is 2.66 bits per heavy atom. The Morgan fingerprint density at radius 1 is 1.21 bits per heavy atom. The number of halogens is 1. The van der Waals surface area contributed by atoms with Gasteiger partial charge in [0.15, 0.2) is 0 Å². The smallest absolute Gasteiger partial charge is 0.294 e. The second-order valence-electron chi connectivity index (χ2n) is 7.13. The maximum absolute atomic E-state index is 13.5. The fourth-order valence-corrected chi connectivity index (χ4v) is 3.74. The van der Waals surface area contributed by atoms with E-state index in [9.17, 15) is 18.8 Å². The van der Waals surface area contributed by atoms with Gasteiger partial charge in [-0.05, 0) is 62.4 Å². The summed E-state index contributed by atoms with van der Waals surface area (Å²) in [4.78, 5) is 37.9. The lowest BCUT2D eigenvalue weighted by molar-refractivity contribution is -0.117. The number of anilines is 1. The van der Waals surface area contributed by atoms with Gasteiger partial charge in [-0.25, -0.2) is 4.39 Å². The molecule has 0 radical (unpaired) electrons. The van der Waals surface area contributed by atoms with Crippen LogP contribution in [0.3, 0.4) is 0 Å². The number of hydrogen-bond donors (Lipinski definition) is 3. The number of carbonyl (C=O) groups is 3. The van der Waals surface area contributed by atoms with E-state index in [4.69, 9.17) is 5.11 Å². The molecule has 29 heavy (non-hydrogen) atoms. The van der Waals surface area contributed by atoms with E-state index in [0.717, 1.165) is 18.5 Å². The van der Waals surface area contributed by atoms with Gasteiger partial charge in [-0.15, -0.1) is 0 Å². The molecule has 154 valence electrons. The molecule has 1 aliphatic heterocycles. The minimum Gasteiger partial charge on any atom is -0.395 e. The Balaban J connectivity index is 1.97. The molecule has 3 rings (SSSR count). The monoisotopic (exact) mass is 401 g/mol. The summed E-state index contributed by atoms with van der Waals surface area (Å²) in [6.07, 6.45) is 2.35. The third kappa shape index (κ3) is 4.07. The average Bonchev–Trinajstić information content (AvgIpc) is 3.00. The summed E-state index contributed by atoms with van der Waals surface area (Å²) in [6, 6.07) is 4.31. The van der Waals surface area contributed by atoms with Crippen molar-refractivity contribution in [1.82, 2.24) is 9.88 Å². The average molecular weight is 401 g/mol. The molecule has 1 aromatic heterocycles. The molecule has 0 fully saturated rings. The molecule has 0 saturated heterocycles. The first-order valence-electron chi connectivity index (χ1n) is 9.58. The third-order valence-corrected chi connectivity index (χ3v) is 5.12. The topological polar surface area (TPSA) is 100 Å². The standard InChI is InChI=1S/C21H24FN3O4/c1-12-11-14(6-7-15(12)22)24-20(28)17-13(2)18(19(27)21(29)23-8-10-26)25-9-4-3-5-16(17)25/h6-7,11,26H,3-5,8-10H2,1-2H3,(H,23,29)(H,24,28). The Labute approximate surface area is 167 Å². The van der Waals surface area contributed by atoms with Crippen molar-refractivity contribution in [2.75, 3.05) is 18.5 Å². The number of hydrogen-bond acceptors (Lipinski definition) is 4. The molecule has 0 atom stereocenters. The Kier molecular flexibility index (Phi) is 6.12. The SMILES string of the molecule is Cc1cc(NC(=O)c2c(C)c(C(=O)C(=O)NCCO)n3c2CCCC3)ccc1F. The maximum Gasteiger partial charge on any atom is 0.294 e. The highest BCUT2D eigenvalue weighted by Crippen LogP contribution is 2.29. The zero-order valence-electron chi connectivity index (χ0n) is 16.5. The van der Waals surface area contributed by atoms with E-state index in [1.807, 2.05) is 0 Å². The summed E-state index contributed by atoms with van der Waals surface area (Å²) in [5, 5.41) is 14.0. The normalized spacial score (nSPS) is 13.0. The van der Waals surface area contributed by atoms with E-state index in [0.29, 0.717) is 35.3 Å². The number of benzene rings is 1. The van der Waals surface area contributed by atoms with Gasteiger partial charge in [0.25, 0.3) is 17.6 Å². The number of fused-ring (bicyclic) bond motifs is 1. The zero-order chi connectivity index (χ0) is 21.1. The molecule has 2 amide bonds. The first-order chi connectivity index (χ1) is 13.8. The summed E-state index contributed by atoms with van der Waals surface area (Å²) in [7, 11) is 0. The zero-order valence-corrected chi connectivity index (χ0v) is 16.5. The summed E-state index contributed by atoms with van der Waals surface area (Å²) >= 11 is 0. The van der Waals surface area contributed by atoms with E-state index in [2.05, 4.69) is 10.6 Å². The van der Waals surface area contributed by atoms with Crippen molar-refractivity contribution in [3.63, 3.8) is 0 Å². The van der Waals surface area contributed by atoms with Crippen LogP contribution in [0.1, 0.15) is 50.5 Å². The first-order valence-corrected chi connectivity index (χ1v) is 9.58. The van der Waals surface area contributed by atoms with Gasteiger partial charge in [0.2, 0.25) is 0 Å². The predicted octanol–water partition coefficient (Wildman–Crippen LogP) is 2.12. The third-order valence-electron chi connectivity index (χ3n) is 5.12. The molecule has 0 bridgehead atoms. The quantitative estimate of drug-likeness (QED) is 0.510. The van der Waals surface area contributed by atoms with Crippen molar-refractivity contribution in [2.24, 2.45) is 0 Å². The van der Waals surface area contributed by atoms with Gasteiger partial charge < -0.3 is 20.3 Å². The van der Waals surface area contributed by atoms with Crippen molar-refractivity contribution >= 4 is 23.3 Å². The van der Waals surface area contributed by atoms with Crippen LogP contribution in [0.25, 0.3) is 0 Å². The molecule has 1 aromatic carbocycles. The first kappa shape index (κ1) is 20.7. The number of aryl methyl sites for hydroxylation is 1. The van der Waals surface area contributed by atoms with E-state index >= 15 is 0 Å². The van der Waals surface area contributed by atoms with Crippen molar-refractivity contribution in [1.29, 1.82) is 0 Å². The lowest BCUT2D eigenvalue weighted by Gasteiger charge is -2.18. The second kappa shape index (κ2) is 8.57. The van der Waals surface area contributed by atoms with Gasteiger partial charge in [0.1, 0.15) is 5.82 Å². The van der Waals surface area contributed by atoms with Gasteiger partial charge in [0.05, 0.1) is 17.9 Å². The molecular weight excluding hydrogens is 377 g/mol.